The van der Waals surface area contributed by atoms with Crippen molar-refractivity contribution in [3.8, 4) is 5.75 Å². The number of phenols is 1. The van der Waals surface area contributed by atoms with Crippen molar-refractivity contribution in [3.63, 3.8) is 0 Å². The van der Waals surface area contributed by atoms with E-state index in [1.54, 1.807) is 6.07 Å². The van der Waals surface area contributed by atoms with Crippen LogP contribution in [0, 0.1) is 0 Å². The SMILES string of the molecule is O=S1(=O)NC(O)=CN1c1ccc(C2CCOC2)cc1O. The number of hydrogen-bond acceptors (Lipinski definition) is 5. The van der Waals surface area contributed by atoms with Gasteiger partial charge in [0.15, 0.2) is 0 Å². The molecule has 0 amide bonds. The molecular weight excluding hydrogens is 284 g/mol. The number of ether oxygens (including phenoxy) is 1. The Balaban J connectivity index is 1.95. The molecule has 0 spiro atoms. The standard InChI is InChI=1S/C12H14N2O5S/c15-11-5-8(9-3-4-19-7-9)1-2-10(11)14-6-12(16)13-20(14,17)18/h1-2,5-6,9,13,15-16H,3-4,7H2. The second-order valence-electron chi connectivity index (χ2n) is 4.73. The number of aliphatic hydroxyl groups excluding tert-OH is 1. The summed E-state index contributed by atoms with van der Waals surface area (Å²) in [5.41, 5.74) is 0.991. The predicted octanol–water partition coefficient (Wildman–Crippen LogP) is 0.907. The Kier molecular flexibility index (Phi) is 2.98. The third-order valence-corrected chi connectivity index (χ3v) is 4.66. The number of aliphatic hydroxyl groups is 1. The van der Waals surface area contributed by atoms with Crippen molar-refractivity contribution in [2.45, 2.75) is 12.3 Å². The van der Waals surface area contributed by atoms with Gasteiger partial charge in [-0.2, -0.15) is 8.42 Å². The lowest BCUT2D eigenvalue weighted by molar-refractivity contribution is 0.194. The average molecular weight is 298 g/mol. The smallest absolute Gasteiger partial charge is 0.330 e. The molecule has 0 aromatic heterocycles. The number of rotatable bonds is 2. The van der Waals surface area contributed by atoms with Crippen molar-refractivity contribution in [2.75, 3.05) is 17.5 Å². The maximum Gasteiger partial charge on any atom is 0.330 e. The van der Waals surface area contributed by atoms with Crippen molar-refractivity contribution < 1.29 is 23.4 Å². The lowest BCUT2D eigenvalue weighted by atomic mass is 9.98. The molecule has 2 aliphatic rings. The highest BCUT2D eigenvalue weighted by molar-refractivity contribution is 7.91. The molecule has 1 aromatic carbocycles. The number of hydrogen-bond donors (Lipinski definition) is 3. The van der Waals surface area contributed by atoms with Crippen molar-refractivity contribution in [1.82, 2.24) is 4.72 Å². The molecule has 0 aliphatic carbocycles. The van der Waals surface area contributed by atoms with Crippen LogP contribution in [0.1, 0.15) is 17.9 Å². The second-order valence-corrected chi connectivity index (χ2v) is 6.27. The van der Waals surface area contributed by atoms with Gasteiger partial charge in [-0.05, 0) is 24.1 Å². The molecule has 20 heavy (non-hydrogen) atoms. The third-order valence-electron chi connectivity index (χ3n) is 3.37. The van der Waals surface area contributed by atoms with E-state index in [4.69, 9.17) is 4.74 Å². The third kappa shape index (κ3) is 2.16. The summed E-state index contributed by atoms with van der Waals surface area (Å²) >= 11 is 0. The fourth-order valence-electron chi connectivity index (χ4n) is 2.37. The van der Waals surface area contributed by atoms with Gasteiger partial charge >= 0.3 is 10.2 Å². The van der Waals surface area contributed by atoms with Crippen molar-refractivity contribution >= 4 is 15.9 Å². The van der Waals surface area contributed by atoms with Crippen LogP contribution < -0.4 is 9.03 Å². The van der Waals surface area contributed by atoms with Crippen molar-refractivity contribution in [2.24, 2.45) is 0 Å². The minimum Gasteiger partial charge on any atom is -0.506 e. The monoisotopic (exact) mass is 298 g/mol. The molecule has 0 saturated carbocycles. The Morgan fingerprint density at radius 2 is 2.15 bits per heavy atom. The topological polar surface area (TPSA) is 99.1 Å². The Hall–Kier alpha value is -1.93. The molecule has 108 valence electrons. The molecule has 2 aliphatic heterocycles. The summed E-state index contributed by atoms with van der Waals surface area (Å²) in [7, 11) is -3.89. The largest absolute Gasteiger partial charge is 0.506 e. The number of phenolic OH excluding ortho intramolecular Hbond substituents is 1. The quantitative estimate of drug-likeness (QED) is 0.753. The summed E-state index contributed by atoms with van der Waals surface area (Å²) in [5.74, 6) is -0.435. The van der Waals surface area contributed by atoms with E-state index in [1.165, 1.54) is 12.1 Å². The van der Waals surface area contributed by atoms with Gasteiger partial charge in [-0.3, -0.25) is 0 Å². The first-order valence-corrected chi connectivity index (χ1v) is 7.55. The van der Waals surface area contributed by atoms with Crippen LogP contribution in [0.15, 0.2) is 30.3 Å². The first kappa shape index (κ1) is 13.1. The molecule has 8 heteroatoms. The zero-order chi connectivity index (χ0) is 14.3. The summed E-state index contributed by atoms with van der Waals surface area (Å²) in [6.07, 6.45) is 1.88. The van der Waals surface area contributed by atoms with Gasteiger partial charge in [0, 0.05) is 12.5 Å². The molecular formula is C12H14N2O5S. The van der Waals surface area contributed by atoms with E-state index in [2.05, 4.69) is 0 Å². The van der Waals surface area contributed by atoms with E-state index < -0.39 is 16.1 Å². The predicted molar refractivity (Wildman–Crippen MR) is 71.5 cm³/mol. The highest BCUT2D eigenvalue weighted by atomic mass is 32.2. The molecule has 1 atom stereocenters. The van der Waals surface area contributed by atoms with Gasteiger partial charge < -0.3 is 14.9 Å². The van der Waals surface area contributed by atoms with Gasteiger partial charge in [-0.1, -0.05) is 6.07 Å². The van der Waals surface area contributed by atoms with E-state index >= 15 is 0 Å². The summed E-state index contributed by atoms with van der Waals surface area (Å²) < 4.78 is 31.5. The lowest BCUT2D eigenvalue weighted by Crippen LogP contribution is -2.29. The Bertz CT molecular complexity index is 664. The van der Waals surface area contributed by atoms with Crippen LogP contribution in [-0.4, -0.2) is 31.8 Å². The average Bonchev–Trinajstić information content (AvgIpc) is 2.97. The van der Waals surface area contributed by atoms with Crippen LogP contribution in [0.4, 0.5) is 5.69 Å². The number of anilines is 1. The molecule has 1 aromatic rings. The first-order chi connectivity index (χ1) is 9.47. The number of nitrogens with zero attached hydrogens (tertiary/aromatic N) is 1. The van der Waals surface area contributed by atoms with Crippen LogP contribution in [0.5, 0.6) is 5.75 Å². The zero-order valence-electron chi connectivity index (χ0n) is 10.5. The summed E-state index contributed by atoms with van der Waals surface area (Å²) in [5, 5.41) is 19.3. The number of aromatic hydroxyl groups is 1. The Morgan fingerprint density at radius 1 is 1.35 bits per heavy atom. The van der Waals surface area contributed by atoms with Crippen molar-refractivity contribution in [3.05, 3.63) is 35.8 Å². The molecule has 1 fully saturated rings. The fourth-order valence-corrected chi connectivity index (χ4v) is 3.43. The van der Waals surface area contributed by atoms with Crippen LogP contribution in [0.2, 0.25) is 0 Å². The van der Waals surface area contributed by atoms with Gasteiger partial charge in [0.05, 0.1) is 12.8 Å². The summed E-state index contributed by atoms with van der Waals surface area (Å²) in [4.78, 5) is 0. The minimum atomic E-state index is -3.89. The molecule has 7 nitrogen and oxygen atoms in total. The molecule has 0 radical (unpaired) electrons. The van der Waals surface area contributed by atoms with Gasteiger partial charge in [0.25, 0.3) is 0 Å². The van der Waals surface area contributed by atoms with E-state index in [1.807, 2.05) is 4.72 Å². The number of benzene rings is 1. The molecule has 3 N–H and O–H groups in total. The maximum atomic E-state index is 11.7. The van der Waals surface area contributed by atoms with Gasteiger partial charge in [-0.15, -0.1) is 0 Å². The maximum absolute atomic E-state index is 11.7. The highest BCUT2D eigenvalue weighted by Crippen LogP contribution is 2.35. The fraction of sp³-hybridized carbons (Fsp3) is 0.333. The molecule has 2 heterocycles. The van der Waals surface area contributed by atoms with Gasteiger partial charge in [0.1, 0.15) is 11.4 Å². The normalized spacial score (nSPS) is 24.5. The van der Waals surface area contributed by atoms with Gasteiger partial charge in [-0.25, -0.2) is 9.03 Å². The minimum absolute atomic E-state index is 0.0872. The van der Waals surface area contributed by atoms with Crippen LogP contribution in [0.25, 0.3) is 0 Å². The first-order valence-electron chi connectivity index (χ1n) is 6.11. The lowest BCUT2D eigenvalue weighted by Gasteiger charge is -2.17. The van der Waals surface area contributed by atoms with E-state index in [0.717, 1.165) is 22.5 Å². The zero-order valence-corrected chi connectivity index (χ0v) is 11.3. The van der Waals surface area contributed by atoms with Crippen LogP contribution in [0.3, 0.4) is 0 Å². The number of nitrogens with one attached hydrogen (secondary N) is 1. The second kappa shape index (κ2) is 4.57. The molecule has 0 bridgehead atoms. The summed E-state index contributed by atoms with van der Waals surface area (Å²) in [6, 6.07) is 4.80. The highest BCUT2D eigenvalue weighted by Gasteiger charge is 2.31. The molecule has 1 saturated heterocycles. The molecule has 3 rings (SSSR count). The van der Waals surface area contributed by atoms with E-state index in [9.17, 15) is 18.6 Å². The van der Waals surface area contributed by atoms with Gasteiger partial charge in [0.2, 0.25) is 5.88 Å². The van der Waals surface area contributed by atoms with Crippen LogP contribution >= 0.6 is 0 Å². The summed E-state index contributed by atoms with van der Waals surface area (Å²) in [6.45, 7) is 1.29. The van der Waals surface area contributed by atoms with E-state index in [-0.39, 0.29) is 17.4 Å². The Morgan fingerprint density at radius 3 is 2.70 bits per heavy atom. The van der Waals surface area contributed by atoms with E-state index in [0.29, 0.717) is 13.2 Å². The van der Waals surface area contributed by atoms with Crippen molar-refractivity contribution in [1.29, 1.82) is 0 Å². The van der Waals surface area contributed by atoms with Crippen LogP contribution in [-0.2, 0) is 14.9 Å². The Labute approximate surface area is 116 Å². The molecule has 1 unspecified atom stereocenters.